The lowest BCUT2D eigenvalue weighted by molar-refractivity contribution is 0.634. The summed E-state index contributed by atoms with van der Waals surface area (Å²) in [7, 11) is 0.796. The van der Waals surface area contributed by atoms with Crippen molar-refractivity contribution < 1.29 is 4.39 Å². The Kier molecular flexibility index (Phi) is 1.43. The summed E-state index contributed by atoms with van der Waals surface area (Å²) in [6.45, 7) is 0. The molecule has 0 nitrogen and oxygen atoms in total. The molecule has 0 aromatic heterocycles. The van der Waals surface area contributed by atoms with Crippen molar-refractivity contribution in [2.75, 3.05) is 0 Å². The van der Waals surface area contributed by atoms with Crippen LogP contribution in [0.1, 0.15) is 11.1 Å². The van der Waals surface area contributed by atoms with E-state index in [-0.39, 0.29) is 5.82 Å². The van der Waals surface area contributed by atoms with Gasteiger partial charge < -0.3 is 0 Å². The van der Waals surface area contributed by atoms with Crippen molar-refractivity contribution in [3.63, 3.8) is 0 Å². The van der Waals surface area contributed by atoms with Gasteiger partial charge in [-0.2, -0.15) is 0 Å². The summed E-state index contributed by atoms with van der Waals surface area (Å²) in [6.07, 6.45) is 5.04. The Bertz CT molecular complexity index is 329. The fourth-order valence-electron chi connectivity index (χ4n) is 1.39. The lowest BCUT2D eigenvalue weighted by atomic mass is 10.1. The second kappa shape index (κ2) is 2.31. The molecule has 0 saturated carbocycles. The molecule has 0 aliphatic heterocycles. The summed E-state index contributed by atoms with van der Waals surface area (Å²) in [5, 5.41) is 0.871. The van der Waals surface area contributed by atoms with Gasteiger partial charge in [-0.3, -0.25) is 0 Å². The fourth-order valence-corrected chi connectivity index (χ4v) is 1.85. The third-order valence-corrected chi connectivity index (χ3v) is 2.82. The fraction of sp³-hybridized carbons (Fsp3) is 0.111. The van der Waals surface area contributed by atoms with Crippen molar-refractivity contribution in [2.24, 2.45) is 0 Å². The highest BCUT2D eigenvalue weighted by atomic mass is 28.1. The van der Waals surface area contributed by atoms with Crippen molar-refractivity contribution in [2.45, 2.75) is 6.42 Å². The zero-order chi connectivity index (χ0) is 7.84. The molecule has 0 radical (unpaired) electrons. The van der Waals surface area contributed by atoms with E-state index in [0.717, 1.165) is 27.4 Å². The molecule has 1 aliphatic carbocycles. The van der Waals surface area contributed by atoms with E-state index in [0.29, 0.717) is 0 Å². The molecule has 0 spiro atoms. The van der Waals surface area contributed by atoms with Crippen LogP contribution in [-0.4, -0.2) is 10.2 Å². The lowest BCUT2D eigenvalue weighted by Crippen LogP contribution is -2.09. The largest absolute Gasteiger partial charge is 0.207 e. The molecule has 0 unspecified atom stereocenters. The normalized spacial score (nSPS) is 13.9. The summed E-state index contributed by atoms with van der Waals surface area (Å²) in [5.74, 6) is -0.0286. The van der Waals surface area contributed by atoms with E-state index >= 15 is 0 Å². The number of rotatable bonds is 0. The topological polar surface area (TPSA) is 0 Å². The molecule has 2 heteroatoms. The van der Waals surface area contributed by atoms with E-state index in [2.05, 4.69) is 12.2 Å². The smallest absolute Gasteiger partial charge is 0.121 e. The van der Waals surface area contributed by atoms with E-state index in [9.17, 15) is 4.39 Å². The van der Waals surface area contributed by atoms with Gasteiger partial charge in [-0.15, -0.1) is 0 Å². The molecule has 56 valence electrons. The Labute approximate surface area is 68.2 Å². The number of hydrogen-bond acceptors (Lipinski definition) is 0. The van der Waals surface area contributed by atoms with Gasteiger partial charge in [-0.1, -0.05) is 18.2 Å². The van der Waals surface area contributed by atoms with E-state index < -0.39 is 0 Å². The van der Waals surface area contributed by atoms with Crippen LogP contribution in [0.3, 0.4) is 0 Å². The lowest BCUT2D eigenvalue weighted by Gasteiger charge is -2.01. The molecule has 2 rings (SSSR count). The molecule has 0 N–H and O–H groups in total. The first kappa shape index (κ1) is 6.79. The van der Waals surface area contributed by atoms with Crippen LogP contribution in [0, 0.1) is 5.82 Å². The first-order valence-electron chi connectivity index (χ1n) is 3.73. The number of benzene rings is 1. The number of halogens is 1. The summed E-state index contributed by atoms with van der Waals surface area (Å²) in [5.41, 5.74) is 2.33. The molecule has 0 atom stereocenters. The maximum absolute atomic E-state index is 13.0. The molecular weight excluding hydrogens is 155 g/mol. The zero-order valence-electron chi connectivity index (χ0n) is 6.39. The third-order valence-electron chi connectivity index (χ3n) is 2.06. The molecule has 0 amide bonds. The van der Waals surface area contributed by atoms with Crippen LogP contribution < -0.4 is 5.19 Å². The molecule has 1 aromatic rings. The van der Waals surface area contributed by atoms with Gasteiger partial charge in [0.1, 0.15) is 5.82 Å². The standard InChI is InChI=1S/C9H9FSi/c10-8-4-6-2-1-3-7(6)5-9(8)11/h1,3-5H,2H2,11H3. The average molecular weight is 164 g/mol. The summed E-state index contributed by atoms with van der Waals surface area (Å²) < 4.78 is 13.0. The Morgan fingerprint density at radius 3 is 3.00 bits per heavy atom. The van der Waals surface area contributed by atoms with Gasteiger partial charge in [-0.25, -0.2) is 4.39 Å². The minimum absolute atomic E-state index is 0.0286. The van der Waals surface area contributed by atoms with Gasteiger partial charge in [0, 0.05) is 10.2 Å². The number of allylic oxidation sites excluding steroid dienone is 1. The van der Waals surface area contributed by atoms with Crippen LogP contribution in [0.15, 0.2) is 18.2 Å². The van der Waals surface area contributed by atoms with Crippen LogP contribution in [-0.2, 0) is 6.42 Å². The van der Waals surface area contributed by atoms with Crippen molar-refractivity contribution >= 4 is 21.5 Å². The van der Waals surface area contributed by atoms with Crippen LogP contribution >= 0.6 is 0 Å². The summed E-state index contributed by atoms with van der Waals surface area (Å²) >= 11 is 0. The molecule has 0 fully saturated rings. The first-order chi connectivity index (χ1) is 5.27. The van der Waals surface area contributed by atoms with Gasteiger partial charge >= 0.3 is 0 Å². The second-order valence-electron chi connectivity index (χ2n) is 2.91. The Hall–Kier alpha value is -0.893. The number of fused-ring (bicyclic) bond motifs is 1. The van der Waals surface area contributed by atoms with Crippen LogP contribution in [0.4, 0.5) is 4.39 Å². The van der Waals surface area contributed by atoms with E-state index in [1.165, 1.54) is 5.56 Å². The highest BCUT2D eigenvalue weighted by molar-refractivity contribution is 6.32. The Morgan fingerprint density at radius 1 is 1.36 bits per heavy atom. The molecular formula is C9H9FSi. The maximum atomic E-state index is 13.0. The molecule has 0 heterocycles. The molecule has 0 saturated heterocycles. The first-order valence-corrected chi connectivity index (χ1v) is 4.73. The third kappa shape index (κ3) is 1.03. The van der Waals surface area contributed by atoms with Crippen molar-refractivity contribution in [3.05, 3.63) is 35.2 Å². The second-order valence-corrected chi connectivity index (χ2v) is 3.98. The summed E-state index contributed by atoms with van der Waals surface area (Å²) in [6, 6.07) is 3.62. The Balaban J connectivity index is 2.63. The van der Waals surface area contributed by atoms with Gasteiger partial charge in [0.15, 0.2) is 0 Å². The monoisotopic (exact) mass is 164 g/mol. The zero-order valence-corrected chi connectivity index (χ0v) is 8.39. The van der Waals surface area contributed by atoms with Crippen LogP contribution in [0.2, 0.25) is 0 Å². The van der Waals surface area contributed by atoms with Gasteiger partial charge in [-0.05, 0) is 28.8 Å². The molecule has 11 heavy (non-hydrogen) atoms. The van der Waals surface area contributed by atoms with Crippen molar-refractivity contribution in [1.29, 1.82) is 0 Å². The Morgan fingerprint density at radius 2 is 2.18 bits per heavy atom. The van der Waals surface area contributed by atoms with E-state index in [4.69, 9.17) is 0 Å². The molecule has 1 aliphatic rings. The molecule has 0 bridgehead atoms. The van der Waals surface area contributed by atoms with E-state index in [1.807, 2.05) is 6.07 Å². The van der Waals surface area contributed by atoms with Crippen LogP contribution in [0.5, 0.6) is 0 Å². The highest BCUT2D eigenvalue weighted by Gasteiger charge is 2.07. The quantitative estimate of drug-likeness (QED) is 0.486. The van der Waals surface area contributed by atoms with E-state index in [1.54, 1.807) is 6.07 Å². The van der Waals surface area contributed by atoms with Crippen molar-refractivity contribution in [3.8, 4) is 0 Å². The maximum Gasteiger partial charge on any atom is 0.121 e. The van der Waals surface area contributed by atoms with Gasteiger partial charge in [0.25, 0.3) is 0 Å². The van der Waals surface area contributed by atoms with Crippen molar-refractivity contribution in [1.82, 2.24) is 0 Å². The average Bonchev–Trinajstić information content (AvgIpc) is 2.36. The minimum Gasteiger partial charge on any atom is -0.207 e. The van der Waals surface area contributed by atoms with Crippen LogP contribution in [0.25, 0.3) is 6.08 Å². The van der Waals surface area contributed by atoms with Gasteiger partial charge in [0.2, 0.25) is 0 Å². The minimum atomic E-state index is -0.0286. The number of hydrogen-bond donors (Lipinski definition) is 0. The molecule has 1 aromatic carbocycles. The van der Waals surface area contributed by atoms with Gasteiger partial charge in [0.05, 0.1) is 0 Å². The predicted molar refractivity (Wildman–Crippen MR) is 48.7 cm³/mol. The predicted octanol–water partition coefficient (Wildman–Crippen LogP) is 0.386. The SMILES string of the molecule is Fc1cc2c(cc1[SiH3])C=CC2. The summed E-state index contributed by atoms with van der Waals surface area (Å²) in [4.78, 5) is 0. The highest BCUT2D eigenvalue weighted by Crippen LogP contribution is 2.18.